The van der Waals surface area contributed by atoms with Gasteiger partial charge in [-0.2, -0.15) is 18.3 Å². The lowest BCUT2D eigenvalue weighted by Gasteiger charge is -2.14. The zero-order valence-corrected chi connectivity index (χ0v) is 16.6. The maximum Gasteiger partial charge on any atom is 0.433 e. The molecule has 0 atom stereocenters. The van der Waals surface area contributed by atoms with Gasteiger partial charge in [0.1, 0.15) is 17.0 Å². The summed E-state index contributed by atoms with van der Waals surface area (Å²) in [6.07, 6.45) is -1.45. The fourth-order valence-corrected chi connectivity index (χ4v) is 3.37. The molecule has 0 spiro atoms. The summed E-state index contributed by atoms with van der Waals surface area (Å²) in [5.74, 6) is -0.597. The molecule has 0 saturated carbocycles. The van der Waals surface area contributed by atoms with Gasteiger partial charge in [-0.15, -0.1) is 5.10 Å². The number of fused-ring (bicyclic) bond motifs is 1. The molecule has 0 radical (unpaired) electrons. The molecule has 0 aliphatic rings. The van der Waals surface area contributed by atoms with Crippen molar-refractivity contribution < 1.29 is 22.3 Å². The van der Waals surface area contributed by atoms with Gasteiger partial charge in [0.2, 0.25) is 0 Å². The first-order valence-electron chi connectivity index (χ1n) is 9.36. The molecule has 0 aliphatic heterocycles. The SMILES string of the molecule is CCn1cnc2c(-c3ccc(F)c(-c4ccc(C(F)(F)F)nc4COC)c3)cnnc21. The van der Waals surface area contributed by atoms with E-state index < -0.39 is 17.7 Å². The maximum atomic E-state index is 14.8. The summed E-state index contributed by atoms with van der Waals surface area (Å²) in [7, 11) is 1.34. The number of benzene rings is 1. The number of imidazole rings is 1. The summed E-state index contributed by atoms with van der Waals surface area (Å²) in [6, 6.07) is 6.39. The third-order valence-corrected chi connectivity index (χ3v) is 4.86. The Kier molecular flexibility index (Phi) is 5.40. The smallest absolute Gasteiger partial charge is 0.378 e. The molecule has 0 fully saturated rings. The van der Waals surface area contributed by atoms with Crippen molar-refractivity contribution in [3.63, 3.8) is 0 Å². The van der Waals surface area contributed by atoms with E-state index in [0.29, 0.717) is 28.8 Å². The number of ether oxygens (including phenoxy) is 1. The molecule has 4 rings (SSSR count). The van der Waals surface area contributed by atoms with Crippen LogP contribution in [0.15, 0.2) is 42.9 Å². The highest BCUT2D eigenvalue weighted by Gasteiger charge is 2.33. The van der Waals surface area contributed by atoms with Crippen LogP contribution in [0.5, 0.6) is 0 Å². The normalized spacial score (nSPS) is 11.9. The Morgan fingerprint density at radius 2 is 1.87 bits per heavy atom. The van der Waals surface area contributed by atoms with Crippen molar-refractivity contribution in [2.45, 2.75) is 26.3 Å². The lowest BCUT2D eigenvalue weighted by atomic mass is 9.97. The van der Waals surface area contributed by atoms with Crippen molar-refractivity contribution >= 4 is 11.2 Å². The summed E-state index contributed by atoms with van der Waals surface area (Å²) in [4.78, 5) is 8.05. The van der Waals surface area contributed by atoms with Crippen LogP contribution in [0, 0.1) is 5.82 Å². The lowest BCUT2D eigenvalue weighted by Crippen LogP contribution is -2.11. The summed E-state index contributed by atoms with van der Waals surface area (Å²) in [6.45, 7) is 2.40. The average Bonchev–Trinajstić information content (AvgIpc) is 3.17. The minimum absolute atomic E-state index is 0.0124. The van der Waals surface area contributed by atoms with E-state index in [0.717, 1.165) is 6.07 Å². The molecule has 3 aromatic heterocycles. The van der Waals surface area contributed by atoms with Crippen molar-refractivity contribution in [1.29, 1.82) is 0 Å². The molecule has 0 saturated heterocycles. The van der Waals surface area contributed by atoms with Crippen LogP contribution < -0.4 is 0 Å². The second-order valence-electron chi connectivity index (χ2n) is 6.78. The first-order valence-corrected chi connectivity index (χ1v) is 9.36. The van der Waals surface area contributed by atoms with Gasteiger partial charge in [-0.1, -0.05) is 12.1 Å². The Bertz CT molecular complexity index is 1250. The molecule has 10 heteroatoms. The van der Waals surface area contributed by atoms with E-state index in [1.807, 2.05) is 11.5 Å². The fourth-order valence-electron chi connectivity index (χ4n) is 3.37. The van der Waals surface area contributed by atoms with Crippen LogP contribution in [0.1, 0.15) is 18.3 Å². The topological polar surface area (TPSA) is 65.7 Å². The first kappa shape index (κ1) is 20.9. The van der Waals surface area contributed by atoms with E-state index in [1.165, 1.54) is 25.4 Å². The van der Waals surface area contributed by atoms with Crippen LogP contribution in [0.4, 0.5) is 17.6 Å². The standard InChI is InChI=1S/C21H17F4N5O/c1-3-30-11-26-19-15(9-27-29-20(19)30)12-4-6-16(22)14(8-12)13-5-7-18(21(23,24)25)28-17(13)10-31-2/h4-9,11H,3,10H2,1-2H3. The highest BCUT2D eigenvalue weighted by Crippen LogP contribution is 2.35. The summed E-state index contributed by atoms with van der Waals surface area (Å²) < 4.78 is 60.9. The van der Waals surface area contributed by atoms with Crippen LogP contribution in [-0.4, -0.2) is 31.8 Å². The number of hydrogen-bond donors (Lipinski definition) is 0. The van der Waals surface area contributed by atoms with E-state index in [1.54, 1.807) is 18.5 Å². The number of pyridine rings is 1. The minimum Gasteiger partial charge on any atom is -0.378 e. The Labute approximate surface area is 174 Å². The number of aryl methyl sites for hydroxylation is 1. The van der Waals surface area contributed by atoms with Gasteiger partial charge in [-0.25, -0.2) is 14.4 Å². The van der Waals surface area contributed by atoms with Crippen molar-refractivity contribution in [1.82, 2.24) is 24.7 Å². The van der Waals surface area contributed by atoms with Crippen LogP contribution in [-0.2, 0) is 24.1 Å². The number of alkyl halides is 3. The second kappa shape index (κ2) is 8.03. The van der Waals surface area contributed by atoms with Crippen LogP contribution >= 0.6 is 0 Å². The molecule has 0 unspecified atom stereocenters. The largest absolute Gasteiger partial charge is 0.433 e. The van der Waals surface area contributed by atoms with E-state index >= 15 is 0 Å². The Morgan fingerprint density at radius 1 is 1.06 bits per heavy atom. The van der Waals surface area contributed by atoms with Crippen molar-refractivity contribution in [3.8, 4) is 22.3 Å². The molecular formula is C21H17F4N5O. The molecule has 160 valence electrons. The molecule has 0 amide bonds. The molecule has 6 nitrogen and oxygen atoms in total. The Morgan fingerprint density at radius 3 is 2.58 bits per heavy atom. The number of nitrogens with zero attached hydrogens (tertiary/aromatic N) is 5. The number of methoxy groups -OCH3 is 1. The predicted molar refractivity (Wildman–Crippen MR) is 105 cm³/mol. The second-order valence-corrected chi connectivity index (χ2v) is 6.78. The molecule has 0 N–H and O–H groups in total. The molecule has 1 aromatic carbocycles. The quantitative estimate of drug-likeness (QED) is 0.422. The van der Waals surface area contributed by atoms with Gasteiger partial charge in [-0.05, 0) is 30.7 Å². The maximum absolute atomic E-state index is 14.8. The van der Waals surface area contributed by atoms with Gasteiger partial charge in [0.05, 0.1) is 24.8 Å². The zero-order valence-electron chi connectivity index (χ0n) is 16.6. The average molecular weight is 431 g/mol. The molecule has 4 aromatic rings. The highest BCUT2D eigenvalue weighted by molar-refractivity contribution is 5.90. The minimum atomic E-state index is -4.62. The van der Waals surface area contributed by atoms with Crippen LogP contribution in [0.3, 0.4) is 0 Å². The third-order valence-electron chi connectivity index (χ3n) is 4.86. The van der Waals surface area contributed by atoms with E-state index in [-0.39, 0.29) is 23.4 Å². The summed E-state index contributed by atoms with van der Waals surface area (Å²) in [5, 5.41) is 8.13. The van der Waals surface area contributed by atoms with Gasteiger partial charge in [-0.3, -0.25) is 0 Å². The van der Waals surface area contributed by atoms with Crippen LogP contribution in [0.25, 0.3) is 33.4 Å². The summed E-state index contributed by atoms with van der Waals surface area (Å²) in [5.41, 5.74) is 1.65. The molecular weight excluding hydrogens is 414 g/mol. The van der Waals surface area contributed by atoms with Crippen molar-refractivity contribution in [2.75, 3.05) is 7.11 Å². The first-order chi connectivity index (χ1) is 14.8. The van der Waals surface area contributed by atoms with E-state index in [2.05, 4.69) is 20.2 Å². The molecule has 31 heavy (non-hydrogen) atoms. The van der Waals surface area contributed by atoms with Gasteiger partial charge in [0.15, 0.2) is 5.65 Å². The van der Waals surface area contributed by atoms with Crippen molar-refractivity contribution in [2.24, 2.45) is 0 Å². The Hall–Kier alpha value is -3.40. The molecule has 0 bridgehead atoms. The molecule has 0 aliphatic carbocycles. The number of rotatable bonds is 5. The number of aromatic nitrogens is 5. The van der Waals surface area contributed by atoms with Gasteiger partial charge in [0, 0.05) is 30.3 Å². The van der Waals surface area contributed by atoms with Gasteiger partial charge < -0.3 is 9.30 Å². The predicted octanol–water partition coefficient (Wildman–Crippen LogP) is 4.88. The highest BCUT2D eigenvalue weighted by atomic mass is 19.4. The summed E-state index contributed by atoms with van der Waals surface area (Å²) >= 11 is 0. The monoisotopic (exact) mass is 431 g/mol. The van der Waals surface area contributed by atoms with E-state index in [4.69, 9.17) is 4.74 Å². The molecule has 3 heterocycles. The fraction of sp³-hybridized carbons (Fsp3) is 0.238. The number of hydrogen-bond acceptors (Lipinski definition) is 5. The van der Waals surface area contributed by atoms with Crippen LogP contribution in [0.2, 0.25) is 0 Å². The lowest BCUT2D eigenvalue weighted by molar-refractivity contribution is -0.141. The van der Waals surface area contributed by atoms with Crippen molar-refractivity contribution in [3.05, 3.63) is 60.1 Å². The Balaban J connectivity index is 1.87. The number of halogens is 4. The van der Waals surface area contributed by atoms with Gasteiger partial charge >= 0.3 is 6.18 Å². The third kappa shape index (κ3) is 3.86. The van der Waals surface area contributed by atoms with Gasteiger partial charge in [0.25, 0.3) is 0 Å². The zero-order chi connectivity index (χ0) is 22.2. The van der Waals surface area contributed by atoms with E-state index in [9.17, 15) is 17.6 Å².